The first-order chi connectivity index (χ1) is 11.8. The van der Waals surface area contributed by atoms with Crippen molar-refractivity contribution in [1.82, 2.24) is 4.90 Å². The fourth-order valence-electron chi connectivity index (χ4n) is 2.59. The first-order valence-corrected chi connectivity index (χ1v) is 9.31. The van der Waals surface area contributed by atoms with Crippen LogP contribution in [0.25, 0.3) is 0 Å². The number of esters is 1. The highest BCUT2D eigenvalue weighted by atomic mass is 35.5. The number of carbonyl (C=O) groups is 2. The molecule has 1 rings (SSSR count). The summed E-state index contributed by atoms with van der Waals surface area (Å²) in [6.45, 7) is 7.16. The van der Waals surface area contributed by atoms with Crippen LogP contribution in [0.4, 0.5) is 0 Å². The maximum absolute atomic E-state index is 12.6. The van der Waals surface area contributed by atoms with E-state index in [-0.39, 0.29) is 17.8 Å². The second kappa shape index (κ2) is 11.1. The van der Waals surface area contributed by atoms with Crippen LogP contribution in [0.2, 0.25) is 5.02 Å². The third-order valence-electron chi connectivity index (χ3n) is 4.20. The Bertz CT molecular complexity index is 542. The first-order valence-electron chi connectivity index (χ1n) is 8.93. The van der Waals surface area contributed by atoms with Gasteiger partial charge in [0.05, 0.1) is 13.0 Å². The maximum Gasteiger partial charge on any atom is 0.310 e. The summed E-state index contributed by atoms with van der Waals surface area (Å²) in [5, 5.41) is 0.719. The minimum Gasteiger partial charge on any atom is -0.469 e. The molecule has 0 aliphatic heterocycles. The average molecular weight is 368 g/mol. The van der Waals surface area contributed by atoms with E-state index in [1.807, 2.05) is 29.2 Å². The predicted octanol–water partition coefficient (Wildman–Crippen LogP) is 4.35. The van der Waals surface area contributed by atoms with Crippen molar-refractivity contribution < 1.29 is 14.3 Å². The summed E-state index contributed by atoms with van der Waals surface area (Å²) in [6, 6.07) is 7.71. The van der Waals surface area contributed by atoms with Crippen molar-refractivity contribution in [3.05, 3.63) is 34.9 Å². The number of benzene rings is 1. The Morgan fingerprint density at radius 1 is 1.16 bits per heavy atom. The van der Waals surface area contributed by atoms with E-state index < -0.39 is 0 Å². The molecule has 4 nitrogen and oxygen atoms in total. The van der Waals surface area contributed by atoms with Gasteiger partial charge in [0.2, 0.25) is 5.91 Å². The maximum atomic E-state index is 12.6. The van der Waals surface area contributed by atoms with Gasteiger partial charge in [0, 0.05) is 24.5 Å². The van der Waals surface area contributed by atoms with Gasteiger partial charge in [-0.25, -0.2) is 0 Å². The summed E-state index contributed by atoms with van der Waals surface area (Å²) < 4.78 is 4.78. The summed E-state index contributed by atoms with van der Waals surface area (Å²) in [4.78, 5) is 26.1. The molecule has 0 heterocycles. The molecule has 1 aromatic carbocycles. The summed E-state index contributed by atoms with van der Waals surface area (Å²) in [5.41, 5.74) is 1.17. The van der Waals surface area contributed by atoms with E-state index in [9.17, 15) is 9.59 Å². The highest BCUT2D eigenvalue weighted by molar-refractivity contribution is 6.30. The number of amides is 1. The van der Waals surface area contributed by atoms with Crippen LogP contribution in [0.3, 0.4) is 0 Å². The van der Waals surface area contributed by atoms with Gasteiger partial charge in [-0.1, -0.05) is 44.5 Å². The quantitative estimate of drug-likeness (QED) is 0.577. The molecular weight excluding hydrogens is 338 g/mol. The molecule has 1 amide bonds. The Labute approximate surface area is 156 Å². The Hall–Kier alpha value is -1.55. The molecule has 140 valence electrons. The number of halogens is 1. The van der Waals surface area contributed by atoms with Crippen LogP contribution in [0.15, 0.2) is 24.3 Å². The standard InChI is InChI=1S/C20H30ClNO3/c1-15(2)12-13-22(14-16(3)20(24)25-4)19(23)7-5-6-17-8-10-18(21)11-9-17/h8-11,15-16H,5-7,12-14H2,1-4H3. The zero-order valence-electron chi connectivity index (χ0n) is 15.8. The van der Waals surface area contributed by atoms with Gasteiger partial charge >= 0.3 is 5.97 Å². The van der Waals surface area contributed by atoms with Crippen LogP contribution < -0.4 is 0 Å². The number of hydrogen-bond acceptors (Lipinski definition) is 3. The number of carbonyl (C=O) groups excluding carboxylic acids is 2. The molecule has 0 aromatic heterocycles. The van der Waals surface area contributed by atoms with E-state index in [1.54, 1.807) is 6.92 Å². The molecule has 0 aliphatic rings. The van der Waals surface area contributed by atoms with Crippen molar-refractivity contribution in [3.8, 4) is 0 Å². The molecule has 0 aliphatic carbocycles. The van der Waals surface area contributed by atoms with Crippen molar-refractivity contribution in [2.75, 3.05) is 20.2 Å². The Balaban J connectivity index is 2.55. The second-order valence-electron chi connectivity index (χ2n) is 6.93. The van der Waals surface area contributed by atoms with Crippen LogP contribution >= 0.6 is 11.6 Å². The molecule has 1 aromatic rings. The van der Waals surface area contributed by atoms with E-state index in [2.05, 4.69) is 13.8 Å². The Morgan fingerprint density at radius 2 is 1.80 bits per heavy atom. The van der Waals surface area contributed by atoms with E-state index in [0.717, 1.165) is 24.3 Å². The van der Waals surface area contributed by atoms with Gasteiger partial charge in [-0.15, -0.1) is 0 Å². The van der Waals surface area contributed by atoms with Gasteiger partial charge in [0.15, 0.2) is 0 Å². The highest BCUT2D eigenvalue weighted by Crippen LogP contribution is 2.13. The minimum atomic E-state index is -0.308. The number of methoxy groups -OCH3 is 1. The molecule has 1 atom stereocenters. The van der Waals surface area contributed by atoms with Crippen molar-refractivity contribution in [3.63, 3.8) is 0 Å². The number of ether oxygens (including phenoxy) is 1. The Morgan fingerprint density at radius 3 is 2.36 bits per heavy atom. The molecule has 5 heteroatoms. The lowest BCUT2D eigenvalue weighted by molar-refractivity contribution is -0.146. The summed E-state index contributed by atoms with van der Waals surface area (Å²) >= 11 is 5.89. The molecule has 0 spiro atoms. The van der Waals surface area contributed by atoms with Gasteiger partial charge in [0.1, 0.15) is 0 Å². The fourth-order valence-corrected chi connectivity index (χ4v) is 2.72. The lowest BCUT2D eigenvalue weighted by atomic mass is 10.1. The molecule has 0 bridgehead atoms. The number of aryl methyl sites for hydroxylation is 1. The number of rotatable bonds is 10. The topological polar surface area (TPSA) is 46.6 Å². The van der Waals surface area contributed by atoms with E-state index >= 15 is 0 Å². The van der Waals surface area contributed by atoms with Gasteiger partial charge in [-0.2, -0.15) is 0 Å². The van der Waals surface area contributed by atoms with Crippen LogP contribution in [0.1, 0.15) is 45.6 Å². The van der Waals surface area contributed by atoms with Crippen molar-refractivity contribution in [2.24, 2.45) is 11.8 Å². The smallest absolute Gasteiger partial charge is 0.310 e. The van der Waals surface area contributed by atoms with Crippen molar-refractivity contribution >= 4 is 23.5 Å². The van der Waals surface area contributed by atoms with E-state index in [0.29, 0.717) is 25.4 Å². The second-order valence-corrected chi connectivity index (χ2v) is 7.36. The SMILES string of the molecule is COC(=O)C(C)CN(CCC(C)C)C(=O)CCCc1ccc(Cl)cc1. The summed E-state index contributed by atoms with van der Waals surface area (Å²) in [6.07, 6.45) is 3.03. The molecule has 0 N–H and O–H groups in total. The van der Waals surface area contributed by atoms with Gasteiger partial charge in [0.25, 0.3) is 0 Å². The molecule has 0 saturated heterocycles. The highest BCUT2D eigenvalue weighted by Gasteiger charge is 2.21. The number of hydrogen-bond donors (Lipinski definition) is 0. The molecule has 0 saturated carbocycles. The number of nitrogens with zero attached hydrogens (tertiary/aromatic N) is 1. The third-order valence-corrected chi connectivity index (χ3v) is 4.45. The molecule has 1 unspecified atom stereocenters. The van der Waals surface area contributed by atoms with E-state index in [1.165, 1.54) is 12.7 Å². The molecular formula is C20H30ClNO3. The fraction of sp³-hybridized carbons (Fsp3) is 0.600. The average Bonchev–Trinajstić information content (AvgIpc) is 2.58. The summed E-state index contributed by atoms with van der Waals surface area (Å²) in [7, 11) is 1.38. The Kier molecular flexibility index (Phi) is 9.58. The van der Waals surface area contributed by atoms with Crippen molar-refractivity contribution in [1.29, 1.82) is 0 Å². The predicted molar refractivity (Wildman–Crippen MR) is 102 cm³/mol. The normalized spacial score (nSPS) is 12.1. The van der Waals surface area contributed by atoms with Crippen LogP contribution in [-0.2, 0) is 20.7 Å². The zero-order valence-corrected chi connectivity index (χ0v) is 16.5. The van der Waals surface area contributed by atoms with Crippen LogP contribution in [-0.4, -0.2) is 37.0 Å². The van der Waals surface area contributed by atoms with Gasteiger partial charge in [-0.3, -0.25) is 9.59 Å². The summed E-state index contributed by atoms with van der Waals surface area (Å²) in [5.74, 6) is 0.0315. The van der Waals surface area contributed by atoms with Crippen LogP contribution in [0.5, 0.6) is 0 Å². The lowest BCUT2D eigenvalue weighted by Crippen LogP contribution is -2.38. The van der Waals surface area contributed by atoms with E-state index in [4.69, 9.17) is 16.3 Å². The lowest BCUT2D eigenvalue weighted by Gasteiger charge is -2.26. The molecule has 0 fully saturated rings. The molecule has 25 heavy (non-hydrogen) atoms. The minimum absolute atomic E-state index is 0.102. The van der Waals surface area contributed by atoms with Gasteiger partial charge < -0.3 is 9.64 Å². The third kappa shape index (κ3) is 8.39. The largest absolute Gasteiger partial charge is 0.469 e. The molecule has 0 radical (unpaired) electrons. The van der Waals surface area contributed by atoms with Crippen LogP contribution in [0, 0.1) is 11.8 Å². The van der Waals surface area contributed by atoms with Crippen molar-refractivity contribution in [2.45, 2.75) is 46.5 Å². The monoisotopic (exact) mass is 367 g/mol. The first kappa shape index (κ1) is 21.5. The van der Waals surface area contributed by atoms with Gasteiger partial charge in [-0.05, 0) is 42.9 Å². The zero-order chi connectivity index (χ0) is 18.8.